The summed E-state index contributed by atoms with van der Waals surface area (Å²) < 4.78 is 5.55. The van der Waals surface area contributed by atoms with E-state index in [4.69, 9.17) is 0 Å². The van der Waals surface area contributed by atoms with Gasteiger partial charge in [0.15, 0.2) is 0 Å². The molecular weight excluding hydrogens is 1150 g/mol. The van der Waals surface area contributed by atoms with Crippen LogP contribution in [0.15, 0.2) is 158 Å². The SMILES string of the molecule is CC(C)(C)c1cc(-c2cc3c4ccc([se]4)c4cc(-c5ccccc5)cc5c6cc(-c7cc(C(C)(C)C)cc(C(C)(C)C)c7)cc(c7ccc([se]7)c7cc(-c8cc(C(C)(C)C)cc(C(C)(C)C)c8)cc8c(c2)c3[nH]c78)c6[nH]c45)cc(C(C)(C)C)c1. The van der Waals surface area contributed by atoms with Crippen LogP contribution in [0.3, 0.4) is 0 Å². The number of nitrogens with one attached hydrogen (secondary N) is 2. The quantitative estimate of drug-likeness (QED) is 0.165. The molecule has 0 atom stereocenters. The predicted molar refractivity (Wildman–Crippen MR) is 372 cm³/mol. The normalized spacial score (nSPS) is 13.4. The van der Waals surface area contributed by atoms with Crippen molar-refractivity contribution in [2.75, 3.05) is 0 Å². The van der Waals surface area contributed by atoms with Crippen molar-refractivity contribution in [3.63, 3.8) is 0 Å². The van der Waals surface area contributed by atoms with Crippen LogP contribution >= 0.6 is 0 Å². The van der Waals surface area contributed by atoms with E-state index in [0.29, 0.717) is 0 Å². The Morgan fingerprint density at radius 1 is 0.214 bits per heavy atom. The van der Waals surface area contributed by atoms with Crippen molar-refractivity contribution in [1.29, 1.82) is 0 Å². The molecule has 8 aromatic carbocycles. The van der Waals surface area contributed by atoms with E-state index in [0.717, 1.165) is 0 Å². The number of hydrogen-bond donors (Lipinski definition) is 2. The monoisotopic (exact) mass is 1230 g/mol. The van der Waals surface area contributed by atoms with Crippen molar-refractivity contribution in [3.8, 4) is 44.5 Å². The van der Waals surface area contributed by atoms with Crippen LogP contribution in [0.5, 0.6) is 0 Å². The third-order valence-electron chi connectivity index (χ3n) is 18.0. The summed E-state index contributed by atoms with van der Waals surface area (Å²) in [6, 6.07) is 63.3. The second-order valence-electron chi connectivity index (χ2n) is 30.6. The topological polar surface area (TPSA) is 31.6 Å². The molecule has 2 N–H and O–H groups in total. The van der Waals surface area contributed by atoms with Crippen LogP contribution in [0.25, 0.3) is 127 Å². The molecule has 5 aromatic heterocycles. The van der Waals surface area contributed by atoms with Crippen LogP contribution in [0, 0.1) is 0 Å². The third kappa shape index (κ3) is 10.1. The van der Waals surface area contributed by atoms with E-state index in [1.165, 1.54) is 160 Å². The molecule has 0 unspecified atom stereocenters. The molecule has 0 spiro atoms. The van der Waals surface area contributed by atoms with Gasteiger partial charge in [0.25, 0.3) is 0 Å². The van der Waals surface area contributed by atoms with Gasteiger partial charge in [-0.1, -0.05) is 0 Å². The Morgan fingerprint density at radius 2 is 0.417 bits per heavy atom. The van der Waals surface area contributed by atoms with Crippen molar-refractivity contribution in [1.82, 2.24) is 9.97 Å². The van der Waals surface area contributed by atoms with Gasteiger partial charge in [0.1, 0.15) is 0 Å². The van der Waals surface area contributed by atoms with Crippen molar-refractivity contribution < 1.29 is 0 Å². The van der Waals surface area contributed by atoms with Gasteiger partial charge in [-0.2, -0.15) is 0 Å². The van der Waals surface area contributed by atoms with E-state index in [9.17, 15) is 0 Å². The number of benzene rings is 8. The maximum absolute atomic E-state index is 4.28. The van der Waals surface area contributed by atoms with Crippen LogP contribution in [0.4, 0.5) is 0 Å². The molecule has 8 bridgehead atoms. The summed E-state index contributed by atoms with van der Waals surface area (Å²) >= 11 is -0.0850. The molecule has 0 amide bonds. The van der Waals surface area contributed by atoms with Crippen LogP contribution in [-0.4, -0.2) is 39.0 Å². The average Bonchev–Trinajstić information content (AvgIpc) is 1.90. The van der Waals surface area contributed by atoms with E-state index in [2.05, 4.69) is 292 Å². The molecule has 0 aliphatic rings. The zero-order valence-electron chi connectivity index (χ0n) is 52.8. The number of rotatable bonds is 4. The van der Waals surface area contributed by atoms with Crippen LogP contribution < -0.4 is 0 Å². The molecule has 0 radical (unpaired) electrons. The van der Waals surface area contributed by atoms with Crippen molar-refractivity contribution in [2.24, 2.45) is 0 Å². The summed E-state index contributed by atoms with van der Waals surface area (Å²) in [6.07, 6.45) is 0. The fourth-order valence-electron chi connectivity index (χ4n) is 12.5. The number of hydrogen-bond acceptors (Lipinski definition) is 0. The Labute approximate surface area is 510 Å². The zero-order valence-corrected chi connectivity index (χ0v) is 56.3. The van der Waals surface area contributed by atoms with Gasteiger partial charge < -0.3 is 0 Å². The van der Waals surface area contributed by atoms with Gasteiger partial charge in [-0.3, -0.25) is 0 Å². The van der Waals surface area contributed by atoms with Gasteiger partial charge in [-0.25, -0.2) is 0 Å². The Bertz CT molecular complexity index is 4770. The Morgan fingerprint density at radius 3 is 0.643 bits per heavy atom. The summed E-state index contributed by atoms with van der Waals surface area (Å²) in [4.78, 5) is 8.53. The first kappa shape index (κ1) is 56.5. The molecule has 4 heteroatoms. The summed E-state index contributed by atoms with van der Waals surface area (Å²) in [6.45, 7) is 42.4. The molecule has 0 fully saturated rings. The summed E-state index contributed by atoms with van der Waals surface area (Å²) in [5.41, 5.74) is 23.0. The Hall–Kier alpha value is -6.64. The predicted octanol–water partition coefficient (Wildman–Crippen LogP) is 22.7. The summed E-state index contributed by atoms with van der Waals surface area (Å²) in [5.74, 6) is 0. The summed E-state index contributed by atoms with van der Waals surface area (Å²) in [5, 5.41) is 10.3. The van der Waals surface area contributed by atoms with Crippen molar-refractivity contribution in [2.45, 2.75) is 157 Å². The van der Waals surface area contributed by atoms with Crippen LogP contribution in [0.2, 0.25) is 0 Å². The molecule has 84 heavy (non-hydrogen) atoms. The molecule has 2 nitrogen and oxygen atoms in total. The standard InChI is InChI=1S/C80H82N2Se2/c1-75(2,3)53-28-46(29-54(42-53)76(4,5)6)50-35-60-59-34-49(45-22-20-19-21-23-45)38-63-67-24-25-68(83-67)65-40-51(47-30-55(77(7,8)9)43-56(31-47)78(10,11)12)36-61-62-37-52(48-32-57(79(13,14)15)44-58(33-48)80(16,17)18)41-66(74(62)82-73(61)65)70-27-26-69(84-70)64(39-50)72(60)81-71(59)63/h19-44,81-82H,1-18H3. The average molecular weight is 1230 g/mol. The molecule has 0 saturated carbocycles. The third-order valence-corrected chi connectivity index (χ3v) is 22.8. The van der Waals surface area contributed by atoms with E-state index in [1.807, 2.05) is 0 Å². The molecular formula is C80H82N2Se2. The number of H-pyrrole nitrogens is 2. The number of aromatic nitrogens is 2. The number of fused-ring (bicyclic) bond motifs is 10. The van der Waals surface area contributed by atoms with Crippen LogP contribution in [0.1, 0.15) is 158 Å². The second kappa shape index (κ2) is 19.4. The fourth-order valence-corrected chi connectivity index (χ4v) is 16.9. The van der Waals surface area contributed by atoms with E-state index < -0.39 is 0 Å². The molecule has 0 aliphatic carbocycles. The molecule has 5 heterocycles. The molecule has 0 aliphatic heterocycles. The molecule has 424 valence electrons. The first-order chi connectivity index (χ1) is 39.3. The maximum atomic E-state index is 4.28. The first-order valence-corrected chi connectivity index (χ1v) is 33.8. The Kier molecular flexibility index (Phi) is 13.1. The van der Waals surface area contributed by atoms with E-state index >= 15 is 0 Å². The zero-order chi connectivity index (χ0) is 59.5. The van der Waals surface area contributed by atoms with Crippen molar-refractivity contribution in [3.05, 3.63) is 191 Å². The van der Waals surface area contributed by atoms with Gasteiger partial charge in [0, 0.05) is 0 Å². The Balaban J connectivity index is 1.24. The van der Waals surface area contributed by atoms with Gasteiger partial charge in [-0.15, -0.1) is 0 Å². The number of aromatic amines is 2. The molecule has 13 aromatic rings. The van der Waals surface area contributed by atoms with Crippen LogP contribution in [-0.2, 0) is 32.5 Å². The van der Waals surface area contributed by atoms with Crippen molar-refractivity contribution >= 4 is 111 Å². The fraction of sp³-hybridized carbons (Fsp3) is 0.300. The minimum atomic E-state index is -0.0492. The van der Waals surface area contributed by atoms with Gasteiger partial charge in [0.2, 0.25) is 0 Å². The molecule has 0 saturated heterocycles. The van der Waals surface area contributed by atoms with E-state index in [-0.39, 0.29) is 61.5 Å². The summed E-state index contributed by atoms with van der Waals surface area (Å²) in [7, 11) is 0. The van der Waals surface area contributed by atoms with Gasteiger partial charge >= 0.3 is 514 Å². The minimum absolute atomic E-state index is 0.0216. The second-order valence-corrected chi connectivity index (χ2v) is 35.2. The first-order valence-electron chi connectivity index (χ1n) is 30.4. The van der Waals surface area contributed by atoms with Gasteiger partial charge in [-0.05, 0) is 0 Å². The molecule has 13 rings (SSSR count). The van der Waals surface area contributed by atoms with Gasteiger partial charge in [0.05, 0.1) is 0 Å². The van der Waals surface area contributed by atoms with E-state index in [1.54, 1.807) is 0 Å².